The third-order valence-electron chi connectivity index (χ3n) is 4.74. The van der Waals surface area contributed by atoms with Crippen LogP contribution >= 0.6 is 0 Å². The van der Waals surface area contributed by atoms with Crippen LogP contribution in [0.1, 0.15) is 70.6 Å². The second kappa shape index (κ2) is 9.75. The molecule has 1 heterocycles. The van der Waals surface area contributed by atoms with E-state index in [2.05, 4.69) is 0 Å². The maximum absolute atomic E-state index is 10.4. The molecule has 2 rings (SSSR count). The van der Waals surface area contributed by atoms with Gasteiger partial charge in [-0.25, -0.2) is 0 Å². The van der Waals surface area contributed by atoms with Gasteiger partial charge in [-0.2, -0.15) is 0 Å². The Bertz CT molecular complexity index is 238. The van der Waals surface area contributed by atoms with Crippen LogP contribution in [-0.4, -0.2) is 37.1 Å². The zero-order chi connectivity index (χ0) is 14.0. The van der Waals surface area contributed by atoms with Gasteiger partial charge >= 0.3 is 0 Å². The highest BCUT2D eigenvalue weighted by Crippen LogP contribution is 2.21. The Morgan fingerprint density at radius 2 is 1.50 bits per heavy atom. The Morgan fingerprint density at radius 3 is 2.15 bits per heavy atom. The lowest BCUT2D eigenvalue weighted by atomic mass is 9.97. The van der Waals surface area contributed by atoms with E-state index in [0.717, 1.165) is 45.5 Å². The fraction of sp³-hybridized carbons (Fsp3) is 1.00. The van der Waals surface area contributed by atoms with Crippen LogP contribution in [0.3, 0.4) is 0 Å². The van der Waals surface area contributed by atoms with Crippen LogP contribution in [0.25, 0.3) is 0 Å². The first-order valence-corrected chi connectivity index (χ1v) is 8.73. The Balaban J connectivity index is 1.74. The van der Waals surface area contributed by atoms with Crippen molar-refractivity contribution >= 4 is 0 Å². The van der Waals surface area contributed by atoms with Crippen LogP contribution < -0.4 is 0 Å². The summed E-state index contributed by atoms with van der Waals surface area (Å²) < 4.78 is 11.4. The van der Waals surface area contributed by atoms with Crippen molar-refractivity contribution in [1.29, 1.82) is 0 Å². The van der Waals surface area contributed by atoms with Crippen LogP contribution in [0, 0.1) is 5.92 Å². The molecule has 3 unspecified atom stereocenters. The quantitative estimate of drug-likeness (QED) is 0.859. The molecule has 0 bridgehead atoms. The van der Waals surface area contributed by atoms with Gasteiger partial charge in [-0.15, -0.1) is 0 Å². The molecule has 3 atom stereocenters. The molecule has 1 saturated carbocycles. The summed E-state index contributed by atoms with van der Waals surface area (Å²) in [6.07, 6.45) is 13.2. The van der Waals surface area contributed by atoms with Gasteiger partial charge in [0.1, 0.15) is 0 Å². The fourth-order valence-corrected chi connectivity index (χ4v) is 3.31. The van der Waals surface area contributed by atoms with Gasteiger partial charge in [0, 0.05) is 12.5 Å². The first kappa shape index (κ1) is 16.3. The van der Waals surface area contributed by atoms with E-state index in [1.807, 2.05) is 0 Å². The number of hydrogen-bond acceptors (Lipinski definition) is 3. The average molecular weight is 284 g/mol. The number of aliphatic hydroxyl groups excluding tert-OH is 1. The summed E-state index contributed by atoms with van der Waals surface area (Å²) in [5, 5.41) is 10.4. The molecule has 0 aromatic heterocycles. The predicted molar refractivity (Wildman–Crippen MR) is 80.8 cm³/mol. The van der Waals surface area contributed by atoms with Gasteiger partial charge in [0.05, 0.1) is 25.4 Å². The minimum absolute atomic E-state index is 0.0510. The second-order valence-corrected chi connectivity index (χ2v) is 6.57. The zero-order valence-corrected chi connectivity index (χ0v) is 12.9. The smallest absolute Gasteiger partial charge is 0.0834 e. The molecule has 20 heavy (non-hydrogen) atoms. The lowest BCUT2D eigenvalue weighted by Gasteiger charge is -2.25. The molecule has 0 amide bonds. The third-order valence-corrected chi connectivity index (χ3v) is 4.74. The van der Waals surface area contributed by atoms with Gasteiger partial charge in [-0.05, 0) is 19.3 Å². The zero-order valence-electron chi connectivity index (χ0n) is 12.9. The maximum atomic E-state index is 10.4. The van der Waals surface area contributed by atoms with Crippen molar-refractivity contribution < 1.29 is 14.6 Å². The molecule has 0 radical (unpaired) electrons. The number of rotatable bonds is 3. The highest BCUT2D eigenvalue weighted by atomic mass is 16.5. The molecular formula is C17H32O3. The highest BCUT2D eigenvalue weighted by molar-refractivity contribution is 4.72. The highest BCUT2D eigenvalue weighted by Gasteiger charge is 2.23. The van der Waals surface area contributed by atoms with E-state index in [-0.39, 0.29) is 12.2 Å². The first-order chi connectivity index (χ1) is 9.86. The van der Waals surface area contributed by atoms with Gasteiger partial charge < -0.3 is 14.6 Å². The number of ether oxygens (including phenoxy) is 2. The number of aliphatic hydroxyl groups is 1. The van der Waals surface area contributed by atoms with E-state index >= 15 is 0 Å². The molecule has 2 aliphatic rings. The van der Waals surface area contributed by atoms with Gasteiger partial charge in [0.25, 0.3) is 0 Å². The normalized spacial score (nSPS) is 34.4. The molecule has 2 fully saturated rings. The van der Waals surface area contributed by atoms with E-state index in [9.17, 15) is 5.11 Å². The molecule has 0 spiro atoms. The van der Waals surface area contributed by atoms with Crippen LogP contribution in [0.2, 0.25) is 0 Å². The first-order valence-electron chi connectivity index (χ1n) is 8.73. The summed E-state index contributed by atoms with van der Waals surface area (Å²) in [5.41, 5.74) is 0. The molecular weight excluding hydrogens is 252 g/mol. The monoisotopic (exact) mass is 284 g/mol. The van der Waals surface area contributed by atoms with E-state index < -0.39 is 0 Å². The van der Waals surface area contributed by atoms with Gasteiger partial charge in [-0.1, -0.05) is 51.4 Å². The van der Waals surface area contributed by atoms with Gasteiger partial charge in [0.15, 0.2) is 0 Å². The van der Waals surface area contributed by atoms with Crippen molar-refractivity contribution in [3.8, 4) is 0 Å². The van der Waals surface area contributed by atoms with Gasteiger partial charge in [0.2, 0.25) is 0 Å². The molecule has 0 aromatic carbocycles. The van der Waals surface area contributed by atoms with Crippen molar-refractivity contribution in [3.63, 3.8) is 0 Å². The van der Waals surface area contributed by atoms with E-state index in [0.29, 0.717) is 5.92 Å². The fourth-order valence-electron chi connectivity index (χ4n) is 3.31. The van der Waals surface area contributed by atoms with Crippen LogP contribution in [-0.2, 0) is 9.47 Å². The molecule has 1 aliphatic heterocycles. The summed E-state index contributed by atoms with van der Waals surface area (Å²) in [6.45, 7) is 2.48. The van der Waals surface area contributed by atoms with Crippen LogP contribution in [0.15, 0.2) is 0 Å². The van der Waals surface area contributed by atoms with E-state index in [1.54, 1.807) is 0 Å². The Kier molecular flexibility index (Phi) is 7.92. The van der Waals surface area contributed by atoms with Crippen molar-refractivity contribution in [3.05, 3.63) is 0 Å². The number of hydrogen-bond donors (Lipinski definition) is 1. The molecule has 1 saturated heterocycles. The van der Waals surface area contributed by atoms with Gasteiger partial charge in [-0.3, -0.25) is 0 Å². The topological polar surface area (TPSA) is 38.7 Å². The largest absolute Gasteiger partial charge is 0.390 e. The SMILES string of the molecule is OC1CCCCCCCCCCC1OCC1CCOC1. The predicted octanol–water partition coefficient (Wildman–Crippen LogP) is 3.68. The van der Waals surface area contributed by atoms with Crippen molar-refractivity contribution in [1.82, 2.24) is 0 Å². The van der Waals surface area contributed by atoms with Crippen molar-refractivity contribution in [2.45, 2.75) is 82.8 Å². The van der Waals surface area contributed by atoms with E-state index in [1.165, 1.54) is 44.9 Å². The minimum atomic E-state index is -0.267. The standard InChI is InChI=1S/C17H32O3/c18-16-9-7-5-3-1-2-4-6-8-10-17(16)20-14-15-11-12-19-13-15/h15-18H,1-14H2. The van der Waals surface area contributed by atoms with E-state index in [4.69, 9.17) is 9.47 Å². The summed E-state index contributed by atoms with van der Waals surface area (Å²) in [4.78, 5) is 0. The Hall–Kier alpha value is -0.120. The second-order valence-electron chi connectivity index (χ2n) is 6.57. The molecule has 3 nitrogen and oxygen atoms in total. The minimum Gasteiger partial charge on any atom is -0.390 e. The third kappa shape index (κ3) is 6.11. The lowest BCUT2D eigenvalue weighted by molar-refractivity contribution is -0.0582. The van der Waals surface area contributed by atoms with Crippen LogP contribution in [0.5, 0.6) is 0 Å². The molecule has 1 N–H and O–H groups in total. The Morgan fingerprint density at radius 1 is 0.850 bits per heavy atom. The Labute approximate surface area is 124 Å². The summed E-state index contributed by atoms with van der Waals surface area (Å²) in [6, 6.07) is 0. The van der Waals surface area contributed by atoms with Crippen molar-refractivity contribution in [2.24, 2.45) is 5.92 Å². The maximum Gasteiger partial charge on any atom is 0.0834 e. The summed E-state index contributed by atoms with van der Waals surface area (Å²) >= 11 is 0. The molecule has 1 aliphatic carbocycles. The molecule has 0 aromatic rings. The molecule has 118 valence electrons. The average Bonchev–Trinajstić information content (AvgIpc) is 2.95. The summed E-state index contributed by atoms with van der Waals surface area (Å²) in [7, 11) is 0. The summed E-state index contributed by atoms with van der Waals surface area (Å²) in [5.74, 6) is 0.545. The van der Waals surface area contributed by atoms with Crippen LogP contribution in [0.4, 0.5) is 0 Å². The lowest BCUT2D eigenvalue weighted by Crippen LogP contribution is -2.31. The van der Waals surface area contributed by atoms with Crippen molar-refractivity contribution in [2.75, 3.05) is 19.8 Å². The molecule has 3 heteroatoms.